The standard InChI is InChI=1S/C23H20FN5O2/c1-13-5-7-15(8-6-13)18-14(2)28-19-20(26(3)23(31)27(4)21(19)30)25-22(28)29(18)17-11-9-16(24)10-12-17/h5-12H,1-4H3. The van der Waals surface area contributed by atoms with Crippen LogP contribution in [0.2, 0.25) is 0 Å². The van der Waals surface area contributed by atoms with E-state index in [4.69, 9.17) is 0 Å². The SMILES string of the molecule is Cc1ccc(-c2c(C)n3c4c(=O)n(C)c(=O)n(C)c4nc3n2-c2ccc(F)cc2)cc1. The molecule has 7 nitrogen and oxygen atoms in total. The summed E-state index contributed by atoms with van der Waals surface area (Å²) in [5.41, 5.74) is 4.17. The lowest BCUT2D eigenvalue weighted by Crippen LogP contribution is -2.37. The number of hydrogen-bond acceptors (Lipinski definition) is 3. The highest BCUT2D eigenvalue weighted by atomic mass is 19.1. The fourth-order valence-corrected chi connectivity index (χ4v) is 4.10. The third-order valence-electron chi connectivity index (χ3n) is 5.75. The highest BCUT2D eigenvalue weighted by Gasteiger charge is 2.24. The summed E-state index contributed by atoms with van der Waals surface area (Å²) in [5.74, 6) is 0.137. The maximum atomic E-state index is 13.6. The molecule has 0 amide bonds. The predicted octanol–water partition coefficient (Wildman–Crippen LogP) is 3.10. The zero-order chi connectivity index (χ0) is 22.0. The summed E-state index contributed by atoms with van der Waals surface area (Å²) in [5, 5.41) is 0. The van der Waals surface area contributed by atoms with E-state index in [0.29, 0.717) is 22.6 Å². The van der Waals surface area contributed by atoms with Crippen molar-refractivity contribution in [3.63, 3.8) is 0 Å². The predicted molar refractivity (Wildman–Crippen MR) is 117 cm³/mol. The monoisotopic (exact) mass is 417 g/mol. The van der Waals surface area contributed by atoms with Crippen LogP contribution in [-0.2, 0) is 14.1 Å². The van der Waals surface area contributed by atoms with Crippen LogP contribution in [0.5, 0.6) is 0 Å². The largest absolute Gasteiger partial charge is 0.332 e. The van der Waals surface area contributed by atoms with Crippen molar-refractivity contribution in [2.24, 2.45) is 14.1 Å². The van der Waals surface area contributed by atoms with Crippen LogP contribution in [-0.4, -0.2) is 23.1 Å². The normalized spacial score (nSPS) is 11.6. The Hall–Kier alpha value is -3.94. The summed E-state index contributed by atoms with van der Waals surface area (Å²) in [6.07, 6.45) is 0. The summed E-state index contributed by atoms with van der Waals surface area (Å²) >= 11 is 0. The number of nitrogens with zero attached hydrogens (tertiary/aromatic N) is 5. The Balaban J connectivity index is 2.01. The number of aromatic nitrogens is 5. The Labute approximate surface area is 176 Å². The third-order valence-corrected chi connectivity index (χ3v) is 5.75. The van der Waals surface area contributed by atoms with Gasteiger partial charge in [0.25, 0.3) is 5.56 Å². The van der Waals surface area contributed by atoms with E-state index in [9.17, 15) is 14.0 Å². The second-order valence-electron chi connectivity index (χ2n) is 7.74. The van der Waals surface area contributed by atoms with E-state index in [2.05, 4.69) is 4.98 Å². The summed E-state index contributed by atoms with van der Waals surface area (Å²) in [4.78, 5) is 30.2. The van der Waals surface area contributed by atoms with E-state index in [0.717, 1.165) is 27.1 Å². The van der Waals surface area contributed by atoms with Crippen LogP contribution in [0.1, 0.15) is 11.3 Å². The molecular formula is C23H20FN5O2. The Morgan fingerprint density at radius 1 is 0.871 bits per heavy atom. The maximum absolute atomic E-state index is 13.6. The highest BCUT2D eigenvalue weighted by molar-refractivity contribution is 5.81. The van der Waals surface area contributed by atoms with Gasteiger partial charge in [-0.25, -0.2) is 9.18 Å². The quantitative estimate of drug-likeness (QED) is 0.443. The first-order chi connectivity index (χ1) is 14.8. The average molecular weight is 417 g/mol. The van der Waals surface area contributed by atoms with Gasteiger partial charge in [0, 0.05) is 31.0 Å². The molecule has 0 saturated heterocycles. The number of hydrogen-bond donors (Lipinski definition) is 0. The molecule has 0 aliphatic rings. The van der Waals surface area contributed by atoms with E-state index in [1.165, 1.54) is 23.7 Å². The fraction of sp³-hybridized carbons (Fsp3) is 0.174. The van der Waals surface area contributed by atoms with Crippen molar-refractivity contribution in [2.75, 3.05) is 0 Å². The van der Waals surface area contributed by atoms with Crippen molar-refractivity contribution in [3.05, 3.63) is 86.4 Å². The van der Waals surface area contributed by atoms with E-state index in [-0.39, 0.29) is 5.82 Å². The molecule has 5 rings (SSSR count). The highest BCUT2D eigenvalue weighted by Crippen LogP contribution is 2.32. The summed E-state index contributed by atoms with van der Waals surface area (Å²) in [6.45, 7) is 3.92. The third kappa shape index (κ3) is 2.61. The van der Waals surface area contributed by atoms with Gasteiger partial charge >= 0.3 is 5.69 Å². The minimum Gasteiger partial charge on any atom is -0.279 e. The van der Waals surface area contributed by atoms with Crippen LogP contribution < -0.4 is 11.2 Å². The van der Waals surface area contributed by atoms with Crippen LogP contribution in [0.15, 0.2) is 58.1 Å². The minimum absolute atomic E-state index is 0.303. The van der Waals surface area contributed by atoms with Crippen molar-refractivity contribution < 1.29 is 4.39 Å². The number of imidazole rings is 2. The van der Waals surface area contributed by atoms with Gasteiger partial charge in [0.05, 0.1) is 5.69 Å². The summed E-state index contributed by atoms with van der Waals surface area (Å²) in [7, 11) is 3.05. The van der Waals surface area contributed by atoms with Crippen molar-refractivity contribution in [2.45, 2.75) is 13.8 Å². The molecule has 8 heteroatoms. The molecule has 156 valence electrons. The van der Waals surface area contributed by atoms with Gasteiger partial charge in [0.15, 0.2) is 11.2 Å². The molecule has 0 aliphatic carbocycles. The van der Waals surface area contributed by atoms with Crippen LogP contribution >= 0.6 is 0 Å². The lowest BCUT2D eigenvalue weighted by atomic mass is 10.1. The zero-order valence-electron chi connectivity index (χ0n) is 17.5. The smallest absolute Gasteiger partial charge is 0.279 e. The molecule has 3 aromatic heterocycles. The zero-order valence-corrected chi connectivity index (χ0v) is 17.5. The van der Waals surface area contributed by atoms with Crippen molar-refractivity contribution in [1.82, 2.24) is 23.1 Å². The van der Waals surface area contributed by atoms with Gasteiger partial charge in [0.1, 0.15) is 5.82 Å². The summed E-state index contributed by atoms with van der Waals surface area (Å²) in [6, 6.07) is 14.2. The molecule has 0 spiro atoms. The van der Waals surface area contributed by atoms with Crippen LogP contribution in [0, 0.1) is 19.7 Å². The molecular weight excluding hydrogens is 397 g/mol. The van der Waals surface area contributed by atoms with E-state index >= 15 is 0 Å². The molecule has 0 N–H and O–H groups in total. The van der Waals surface area contributed by atoms with Gasteiger partial charge in [-0.3, -0.25) is 22.9 Å². The molecule has 0 radical (unpaired) electrons. The van der Waals surface area contributed by atoms with Crippen LogP contribution in [0.25, 0.3) is 33.9 Å². The van der Waals surface area contributed by atoms with Crippen molar-refractivity contribution in [3.8, 4) is 16.9 Å². The molecule has 0 atom stereocenters. The van der Waals surface area contributed by atoms with E-state index < -0.39 is 11.2 Å². The van der Waals surface area contributed by atoms with Crippen molar-refractivity contribution >= 4 is 16.9 Å². The van der Waals surface area contributed by atoms with Gasteiger partial charge in [-0.15, -0.1) is 0 Å². The number of rotatable bonds is 2. The number of benzene rings is 2. The Morgan fingerprint density at radius 2 is 1.52 bits per heavy atom. The minimum atomic E-state index is -0.442. The first-order valence-electron chi connectivity index (χ1n) is 9.82. The van der Waals surface area contributed by atoms with Crippen molar-refractivity contribution in [1.29, 1.82) is 0 Å². The number of fused-ring (bicyclic) bond motifs is 3. The van der Waals surface area contributed by atoms with Gasteiger partial charge < -0.3 is 0 Å². The van der Waals surface area contributed by atoms with Crippen LogP contribution in [0.3, 0.4) is 0 Å². The van der Waals surface area contributed by atoms with E-state index in [1.807, 2.05) is 42.7 Å². The molecule has 0 aliphatic heterocycles. The Kier molecular flexibility index (Phi) is 4.01. The molecule has 0 saturated carbocycles. The van der Waals surface area contributed by atoms with Gasteiger partial charge in [-0.05, 0) is 38.1 Å². The lowest BCUT2D eigenvalue weighted by Gasteiger charge is -2.11. The van der Waals surface area contributed by atoms with Gasteiger partial charge in [-0.2, -0.15) is 4.98 Å². The molecule has 2 aromatic carbocycles. The lowest BCUT2D eigenvalue weighted by molar-refractivity contribution is 0.627. The molecule has 0 unspecified atom stereocenters. The van der Waals surface area contributed by atoms with Gasteiger partial charge in [-0.1, -0.05) is 29.8 Å². The molecule has 0 bridgehead atoms. The van der Waals surface area contributed by atoms with E-state index in [1.54, 1.807) is 23.6 Å². The number of halogens is 1. The second-order valence-corrected chi connectivity index (χ2v) is 7.74. The Morgan fingerprint density at radius 3 is 2.16 bits per heavy atom. The molecule has 31 heavy (non-hydrogen) atoms. The topological polar surface area (TPSA) is 66.2 Å². The molecule has 5 aromatic rings. The number of aryl methyl sites for hydroxylation is 3. The average Bonchev–Trinajstić information content (AvgIpc) is 3.28. The van der Waals surface area contributed by atoms with Gasteiger partial charge in [0.2, 0.25) is 5.78 Å². The second kappa shape index (κ2) is 6.53. The molecule has 0 fully saturated rings. The maximum Gasteiger partial charge on any atom is 0.332 e. The fourth-order valence-electron chi connectivity index (χ4n) is 4.10. The Bertz CT molecular complexity index is 1600. The molecule has 3 heterocycles. The van der Waals surface area contributed by atoms with Crippen LogP contribution in [0.4, 0.5) is 4.39 Å². The first-order valence-corrected chi connectivity index (χ1v) is 9.82. The first kappa shape index (κ1) is 19.0. The summed E-state index contributed by atoms with van der Waals surface area (Å²) < 4.78 is 19.7.